The van der Waals surface area contributed by atoms with Crippen LogP contribution in [0.25, 0.3) is 0 Å². The summed E-state index contributed by atoms with van der Waals surface area (Å²) in [4.78, 5) is 38.8. The van der Waals surface area contributed by atoms with Crippen molar-refractivity contribution in [2.45, 2.75) is 52.4 Å². The molecule has 1 aromatic carbocycles. The molecule has 2 aromatic rings. The molecule has 8 heteroatoms. The van der Waals surface area contributed by atoms with E-state index in [1.54, 1.807) is 10.7 Å². The van der Waals surface area contributed by atoms with E-state index in [4.69, 9.17) is 4.74 Å². The van der Waals surface area contributed by atoms with Crippen LogP contribution < -0.4 is 0 Å². The molecule has 1 aromatic heterocycles. The van der Waals surface area contributed by atoms with Crippen LogP contribution in [0.4, 0.5) is 0 Å². The van der Waals surface area contributed by atoms with Gasteiger partial charge in [-0.05, 0) is 30.9 Å². The summed E-state index contributed by atoms with van der Waals surface area (Å²) in [7, 11) is 0. The topological polar surface area (TPSA) is 102 Å². The third-order valence-electron chi connectivity index (χ3n) is 5.96. The zero-order valence-corrected chi connectivity index (χ0v) is 19.3. The van der Waals surface area contributed by atoms with Gasteiger partial charge in [0.1, 0.15) is 12.3 Å². The average Bonchev–Trinajstić information content (AvgIpc) is 3.16. The molecule has 0 aliphatic carbocycles. The first-order chi connectivity index (χ1) is 15.7. The monoisotopic (exact) mass is 453 g/mol. The number of nitrogens with zero attached hydrogens (tertiary/aromatic N) is 3. The Morgan fingerprint density at radius 3 is 2.61 bits per heavy atom. The number of aliphatic hydroxyl groups is 1. The Bertz CT molecular complexity index is 1010. The van der Waals surface area contributed by atoms with Crippen LogP contribution in [-0.2, 0) is 27.3 Å². The van der Waals surface area contributed by atoms with Gasteiger partial charge in [0, 0.05) is 18.7 Å². The van der Waals surface area contributed by atoms with Crippen LogP contribution in [0.15, 0.2) is 49.1 Å². The standard InChI is InChI=1S/C25H31N3O5/c1-5-13-33-25(32)24(31)28-20(22(16(2)3)23(28)30)15-21(29)19-14-17(4)27(26-19)12-11-18-9-7-6-8-10-18/h5-10,14,16,20,22,24,31H,1,11-13,15H2,2-4H3/t20-,22-,24?/m1/s1. The lowest BCUT2D eigenvalue weighted by atomic mass is 9.76. The summed E-state index contributed by atoms with van der Waals surface area (Å²) < 4.78 is 6.67. The van der Waals surface area contributed by atoms with E-state index in [0.29, 0.717) is 12.2 Å². The van der Waals surface area contributed by atoms with E-state index < -0.39 is 24.2 Å². The molecule has 1 saturated heterocycles. The molecule has 1 amide bonds. The number of aliphatic hydroxyl groups excluding tert-OH is 1. The largest absolute Gasteiger partial charge is 0.458 e. The number of hydrogen-bond acceptors (Lipinski definition) is 6. The Morgan fingerprint density at radius 2 is 1.97 bits per heavy atom. The van der Waals surface area contributed by atoms with Crippen LogP contribution in [-0.4, -0.2) is 56.3 Å². The minimum Gasteiger partial charge on any atom is -0.458 e. The second kappa shape index (κ2) is 10.6. The third kappa shape index (κ3) is 5.39. The molecular formula is C25H31N3O5. The first-order valence-electron chi connectivity index (χ1n) is 11.1. The summed E-state index contributed by atoms with van der Waals surface area (Å²) in [6.45, 7) is 9.67. The van der Waals surface area contributed by atoms with E-state index in [1.807, 2.05) is 51.1 Å². The molecule has 176 valence electrons. The second-order valence-corrected chi connectivity index (χ2v) is 8.63. The molecule has 0 spiro atoms. The van der Waals surface area contributed by atoms with Crippen LogP contribution in [0.5, 0.6) is 0 Å². The minimum absolute atomic E-state index is 0.0322. The molecule has 0 saturated carbocycles. The number of rotatable bonds is 11. The van der Waals surface area contributed by atoms with Gasteiger partial charge in [-0.2, -0.15) is 5.10 Å². The van der Waals surface area contributed by atoms with Crippen molar-refractivity contribution in [1.29, 1.82) is 0 Å². The lowest BCUT2D eigenvalue weighted by molar-refractivity contribution is -0.193. The highest BCUT2D eigenvalue weighted by atomic mass is 16.5. The van der Waals surface area contributed by atoms with Crippen molar-refractivity contribution in [2.24, 2.45) is 11.8 Å². The highest BCUT2D eigenvalue weighted by Gasteiger charge is 2.53. The highest BCUT2D eigenvalue weighted by Crippen LogP contribution is 2.37. The predicted molar refractivity (Wildman–Crippen MR) is 122 cm³/mol. The van der Waals surface area contributed by atoms with Gasteiger partial charge >= 0.3 is 5.97 Å². The highest BCUT2D eigenvalue weighted by molar-refractivity contribution is 5.98. The minimum atomic E-state index is -1.75. The van der Waals surface area contributed by atoms with Crippen molar-refractivity contribution >= 4 is 17.7 Å². The summed E-state index contributed by atoms with van der Waals surface area (Å²) in [5.74, 6) is -2.05. The molecule has 1 aliphatic heterocycles. The fraction of sp³-hybridized carbons (Fsp3) is 0.440. The molecule has 8 nitrogen and oxygen atoms in total. The van der Waals surface area contributed by atoms with Crippen molar-refractivity contribution in [3.63, 3.8) is 0 Å². The SMILES string of the molecule is C=CCOC(=O)C(O)N1C(=O)[C@H](C(C)C)[C@H]1CC(=O)c1cc(C)n(CCc2ccccc2)n1. The number of Topliss-reactive ketones (excluding diaryl/α,β-unsaturated/α-hetero) is 1. The fourth-order valence-electron chi connectivity index (χ4n) is 4.22. The number of aryl methyl sites for hydroxylation is 3. The Labute approximate surface area is 193 Å². The lowest BCUT2D eigenvalue weighted by Crippen LogP contribution is -2.68. The first-order valence-corrected chi connectivity index (χ1v) is 11.1. The van der Waals surface area contributed by atoms with Crippen molar-refractivity contribution in [3.8, 4) is 0 Å². The zero-order chi connectivity index (χ0) is 24.1. The number of likely N-dealkylation sites (tertiary alicyclic amines) is 1. The van der Waals surface area contributed by atoms with Gasteiger partial charge in [0.05, 0.1) is 12.0 Å². The number of β-lactam (4-membered cyclic amide) rings is 1. The Kier molecular flexibility index (Phi) is 7.81. The third-order valence-corrected chi connectivity index (χ3v) is 5.96. The Hall–Kier alpha value is -3.26. The number of ether oxygens (including phenoxy) is 1. The molecule has 1 N–H and O–H groups in total. The zero-order valence-electron chi connectivity index (χ0n) is 19.3. The van der Waals surface area contributed by atoms with Gasteiger partial charge in [-0.15, -0.1) is 0 Å². The summed E-state index contributed by atoms with van der Waals surface area (Å²) in [6, 6.07) is 11.2. The van der Waals surface area contributed by atoms with E-state index in [9.17, 15) is 19.5 Å². The second-order valence-electron chi connectivity index (χ2n) is 8.63. The van der Waals surface area contributed by atoms with Crippen LogP contribution in [0.2, 0.25) is 0 Å². The van der Waals surface area contributed by atoms with Gasteiger partial charge in [0.2, 0.25) is 12.1 Å². The Balaban J connectivity index is 1.70. The van der Waals surface area contributed by atoms with Crippen LogP contribution >= 0.6 is 0 Å². The molecule has 0 bridgehead atoms. The molecule has 1 fully saturated rings. The number of aromatic nitrogens is 2. The van der Waals surface area contributed by atoms with E-state index in [1.165, 1.54) is 11.6 Å². The van der Waals surface area contributed by atoms with Gasteiger partial charge in [-0.25, -0.2) is 4.79 Å². The number of ketones is 1. The maximum atomic E-state index is 13.0. The van der Waals surface area contributed by atoms with Gasteiger partial charge in [0.15, 0.2) is 5.78 Å². The van der Waals surface area contributed by atoms with E-state index in [0.717, 1.165) is 17.0 Å². The number of carbonyl (C=O) groups is 3. The molecule has 3 rings (SSSR count). The van der Waals surface area contributed by atoms with E-state index in [-0.39, 0.29) is 30.6 Å². The molecule has 3 atom stereocenters. The molecule has 33 heavy (non-hydrogen) atoms. The van der Waals surface area contributed by atoms with Gasteiger partial charge in [-0.3, -0.25) is 14.3 Å². The van der Waals surface area contributed by atoms with E-state index in [2.05, 4.69) is 11.7 Å². The molecular weight excluding hydrogens is 422 g/mol. The number of carbonyl (C=O) groups excluding carboxylic acids is 3. The maximum Gasteiger partial charge on any atom is 0.356 e. The van der Waals surface area contributed by atoms with Gasteiger partial charge in [0.25, 0.3) is 0 Å². The molecule has 0 radical (unpaired) electrons. The molecule has 2 heterocycles. The number of amides is 1. The quantitative estimate of drug-likeness (QED) is 0.243. The van der Waals surface area contributed by atoms with Crippen molar-refractivity contribution in [2.75, 3.05) is 6.61 Å². The number of benzene rings is 1. The van der Waals surface area contributed by atoms with Gasteiger partial charge < -0.3 is 14.7 Å². The number of hydrogen-bond donors (Lipinski definition) is 1. The summed E-state index contributed by atoms with van der Waals surface area (Å²) >= 11 is 0. The van der Waals surface area contributed by atoms with Crippen molar-refractivity contribution < 1.29 is 24.2 Å². The lowest BCUT2D eigenvalue weighted by Gasteiger charge is -2.50. The molecule has 1 aliphatic rings. The first kappa shape index (κ1) is 24.4. The Morgan fingerprint density at radius 1 is 1.27 bits per heavy atom. The van der Waals surface area contributed by atoms with Crippen molar-refractivity contribution in [3.05, 3.63) is 66.0 Å². The summed E-state index contributed by atoms with van der Waals surface area (Å²) in [6.07, 6.45) is 0.374. The summed E-state index contributed by atoms with van der Waals surface area (Å²) in [5.41, 5.74) is 2.36. The van der Waals surface area contributed by atoms with E-state index >= 15 is 0 Å². The van der Waals surface area contributed by atoms with Gasteiger partial charge in [-0.1, -0.05) is 56.8 Å². The molecule has 1 unspecified atom stereocenters. The van der Waals surface area contributed by atoms with Crippen LogP contribution in [0, 0.1) is 18.8 Å². The smallest absolute Gasteiger partial charge is 0.356 e. The summed E-state index contributed by atoms with van der Waals surface area (Å²) in [5, 5.41) is 14.8. The van der Waals surface area contributed by atoms with Crippen LogP contribution in [0.1, 0.15) is 42.0 Å². The van der Waals surface area contributed by atoms with Crippen LogP contribution in [0.3, 0.4) is 0 Å². The van der Waals surface area contributed by atoms with Crippen molar-refractivity contribution in [1.82, 2.24) is 14.7 Å². The normalized spacial score (nSPS) is 18.7. The average molecular weight is 454 g/mol. The fourth-order valence-corrected chi connectivity index (χ4v) is 4.22. The number of esters is 1. The maximum absolute atomic E-state index is 13.0. The predicted octanol–water partition coefficient (Wildman–Crippen LogP) is 2.54.